The molecule has 0 fully saturated rings. The summed E-state index contributed by atoms with van der Waals surface area (Å²) in [5.41, 5.74) is 1.01. The van der Waals surface area contributed by atoms with Crippen LogP contribution in [0, 0.1) is 6.92 Å². The Bertz CT molecular complexity index is 1040. The summed E-state index contributed by atoms with van der Waals surface area (Å²) in [6, 6.07) is 9.73. The molecule has 2 aromatic heterocycles. The van der Waals surface area contributed by atoms with Gasteiger partial charge >= 0.3 is 5.97 Å². The van der Waals surface area contributed by atoms with Gasteiger partial charge in [-0.05, 0) is 42.8 Å². The van der Waals surface area contributed by atoms with Gasteiger partial charge in [0.25, 0.3) is 11.8 Å². The fourth-order valence-electron chi connectivity index (χ4n) is 2.49. The largest absolute Gasteiger partial charge is 0.465 e. The second-order valence-electron chi connectivity index (χ2n) is 5.65. The van der Waals surface area contributed by atoms with Crippen LogP contribution in [0.15, 0.2) is 47.1 Å². The molecule has 0 spiro atoms. The Morgan fingerprint density at radius 1 is 1.11 bits per heavy atom. The van der Waals surface area contributed by atoms with Crippen LogP contribution < -0.4 is 10.6 Å². The predicted octanol–water partition coefficient (Wildman–Crippen LogP) is 4.59. The summed E-state index contributed by atoms with van der Waals surface area (Å²) in [5.74, 6) is -1.57. The van der Waals surface area contributed by atoms with Crippen LogP contribution in [0.1, 0.15) is 36.1 Å². The lowest BCUT2D eigenvalue weighted by Crippen LogP contribution is -2.14. The highest BCUT2D eigenvalue weighted by Gasteiger charge is 2.27. The average molecular weight is 419 g/mol. The van der Waals surface area contributed by atoms with Gasteiger partial charge in [0, 0.05) is 10.7 Å². The minimum Gasteiger partial charge on any atom is -0.465 e. The number of furan rings is 1. The first-order chi connectivity index (χ1) is 13.4. The van der Waals surface area contributed by atoms with Crippen molar-refractivity contribution in [2.24, 2.45) is 0 Å². The third kappa shape index (κ3) is 4.08. The summed E-state index contributed by atoms with van der Waals surface area (Å²) in [7, 11) is 1.23. The van der Waals surface area contributed by atoms with Crippen LogP contribution in [-0.2, 0) is 4.74 Å². The lowest BCUT2D eigenvalue weighted by Gasteiger charge is -2.05. The second kappa shape index (κ2) is 8.28. The van der Waals surface area contributed by atoms with Crippen LogP contribution >= 0.6 is 22.9 Å². The highest BCUT2D eigenvalue weighted by atomic mass is 35.5. The molecule has 0 saturated carbocycles. The number of rotatable bonds is 5. The summed E-state index contributed by atoms with van der Waals surface area (Å²) >= 11 is 6.90. The number of ether oxygens (including phenoxy) is 1. The topological polar surface area (TPSA) is 97.6 Å². The molecule has 0 unspecified atom stereocenters. The van der Waals surface area contributed by atoms with Gasteiger partial charge < -0.3 is 19.8 Å². The van der Waals surface area contributed by atoms with E-state index in [9.17, 15) is 14.4 Å². The van der Waals surface area contributed by atoms with Crippen LogP contribution in [0.2, 0.25) is 5.02 Å². The maximum absolute atomic E-state index is 12.7. The molecule has 3 aromatic rings. The minimum atomic E-state index is -0.662. The minimum absolute atomic E-state index is 0.0757. The molecule has 0 aliphatic rings. The molecule has 7 nitrogen and oxygen atoms in total. The fraction of sp³-hybridized carbons (Fsp3) is 0.105. The summed E-state index contributed by atoms with van der Waals surface area (Å²) in [6.07, 6.45) is 1.36. The first-order valence-electron chi connectivity index (χ1n) is 8.04. The molecule has 2 N–H and O–H groups in total. The monoisotopic (exact) mass is 418 g/mol. The van der Waals surface area contributed by atoms with Crippen molar-refractivity contribution in [3.05, 3.63) is 69.4 Å². The number of amides is 2. The summed E-state index contributed by atoms with van der Waals surface area (Å²) in [6.45, 7) is 1.61. The Hall–Kier alpha value is -3.10. The van der Waals surface area contributed by atoms with E-state index in [-0.39, 0.29) is 21.2 Å². The van der Waals surface area contributed by atoms with Crippen molar-refractivity contribution in [1.82, 2.24) is 0 Å². The second-order valence-corrected chi connectivity index (χ2v) is 7.10. The zero-order valence-electron chi connectivity index (χ0n) is 14.9. The van der Waals surface area contributed by atoms with Gasteiger partial charge in [-0.2, -0.15) is 0 Å². The van der Waals surface area contributed by atoms with Crippen LogP contribution in [0.4, 0.5) is 10.7 Å². The number of methoxy groups -OCH3 is 1. The lowest BCUT2D eigenvalue weighted by atomic mass is 10.1. The number of carbonyl (C=O) groups excluding carboxylic acids is 3. The molecule has 9 heteroatoms. The van der Waals surface area contributed by atoms with Crippen molar-refractivity contribution in [3.63, 3.8) is 0 Å². The maximum atomic E-state index is 12.7. The van der Waals surface area contributed by atoms with Gasteiger partial charge in [0.1, 0.15) is 5.00 Å². The molecule has 144 valence electrons. The molecule has 0 atom stereocenters. The zero-order chi connectivity index (χ0) is 20.3. The number of esters is 1. The standard InChI is InChI=1S/C19H15ClN2O5S/c1-10-14(19(25)26-2)18(22-16(23)13-7-4-8-27-13)28-15(10)17(24)21-12-6-3-5-11(20)9-12/h3-9H,1-2H3,(H,21,24)(H,22,23). The van der Waals surface area contributed by atoms with E-state index < -0.39 is 17.8 Å². The molecule has 0 radical (unpaired) electrons. The predicted molar refractivity (Wildman–Crippen MR) is 106 cm³/mol. The first-order valence-corrected chi connectivity index (χ1v) is 9.23. The first kappa shape index (κ1) is 19.7. The van der Waals surface area contributed by atoms with Gasteiger partial charge in [-0.25, -0.2) is 4.79 Å². The van der Waals surface area contributed by atoms with Gasteiger partial charge in [-0.15, -0.1) is 11.3 Å². The molecule has 0 aliphatic heterocycles. The molecule has 3 rings (SSSR count). The quantitative estimate of drug-likeness (QED) is 0.590. The van der Waals surface area contributed by atoms with E-state index >= 15 is 0 Å². The van der Waals surface area contributed by atoms with E-state index in [1.165, 1.54) is 19.4 Å². The molecule has 2 heterocycles. The van der Waals surface area contributed by atoms with Gasteiger partial charge in [-0.1, -0.05) is 17.7 Å². The molecule has 0 bridgehead atoms. The number of hydrogen-bond acceptors (Lipinski definition) is 6. The van der Waals surface area contributed by atoms with Crippen LogP contribution in [-0.4, -0.2) is 24.9 Å². The maximum Gasteiger partial charge on any atom is 0.341 e. The number of benzene rings is 1. The number of thiophene rings is 1. The van der Waals surface area contributed by atoms with Crippen molar-refractivity contribution in [1.29, 1.82) is 0 Å². The molecule has 1 aromatic carbocycles. The van der Waals surface area contributed by atoms with Gasteiger partial charge in [0.2, 0.25) is 0 Å². The third-order valence-electron chi connectivity index (χ3n) is 3.80. The Kier molecular flexibility index (Phi) is 5.81. The molecular weight excluding hydrogens is 404 g/mol. The fourth-order valence-corrected chi connectivity index (χ4v) is 3.77. The summed E-state index contributed by atoms with van der Waals surface area (Å²) < 4.78 is 9.85. The Balaban J connectivity index is 1.93. The smallest absolute Gasteiger partial charge is 0.341 e. The van der Waals surface area contributed by atoms with E-state index in [0.29, 0.717) is 16.3 Å². The number of halogens is 1. The van der Waals surface area contributed by atoms with Gasteiger partial charge in [0.15, 0.2) is 5.76 Å². The van der Waals surface area contributed by atoms with E-state index in [2.05, 4.69) is 10.6 Å². The number of nitrogens with one attached hydrogen (secondary N) is 2. The highest BCUT2D eigenvalue weighted by molar-refractivity contribution is 7.19. The molecule has 0 aliphatic carbocycles. The van der Waals surface area contributed by atoms with Crippen LogP contribution in [0.25, 0.3) is 0 Å². The molecule has 2 amide bonds. The normalized spacial score (nSPS) is 10.4. The van der Waals surface area contributed by atoms with Crippen LogP contribution in [0.3, 0.4) is 0 Å². The molecule has 0 saturated heterocycles. The third-order valence-corrected chi connectivity index (χ3v) is 5.24. The zero-order valence-corrected chi connectivity index (χ0v) is 16.4. The van der Waals surface area contributed by atoms with Gasteiger partial charge in [-0.3, -0.25) is 9.59 Å². The number of anilines is 2. The lowest BCUT2D eigenvalue weighted by molar-refractivity contribution is 0.0601. The van der Waals surface area contributed by atoms with Crippen molar-refractivity contribution in [2.45, 2.75) is 6.92 Å². The van der Waals surface area contributed by atoms with Crippen molar-refractivity contribution in [3.8, 4) is 0 Å². The summed E-state index contributed by atoms with van der Waals surface area (Å²) in [4.78, 5) is 37.5. The van der Waals surface area contributed by atoms with E-state index in [1.807, 2.05) is 0 Å². The van der Waals surface area contributed by atoms with Crippen LogP contribution in [0.5, 0.6) is 0 Å². The van der Waals surface area contributed by atoms with Crippen molar-refractivity contribution >= 4 is 51.4 Å². The van der Waals surface area contributed by atoms with Crippen molar-refractivity contribution < 1.29 is 23.5 Å². The number of carbonyl (C=O) groups is 3. The highest BCUT2D eigenvalue weighted by Crippen LogP contribution is 2.34. The van der Waals surface area contributed by atoms with E-state index in [4.69, 9.17) is 20.8 Å². The SMILES string of the molecule is COC(=O)c1c(NC(=O)c2ccco2)sc(C(=O)Nc2cccc(Cl)c2)c1C. The molecule has 28 heavy (non-hydrogen) atoms. The summed E-state index contributed by atoms with van der Waals surface area (Å²) in [5, 5.41) is 5.99. The van der Waals surface area contributed by atoms with Gasteiger partial charge in [0.05, 0.1) is 23.8 Å². The van der Waals surface area contributed by atoms with Crippen molar-refractivity contribution in [2.75, 3.05) is 17.7 Å². The van der Waals surface area contributed by atoms with E-state index in [1.54, 1.807) is 37.3 Å². The van der Waals surface area contributed by atoms with E-state index in [0.717, 1.165) is 11.3 Å². The Morgan fingerprint density at radius 2 is 1.89 bits per heavy atom. The average Bonchev–Trinajstić information content (AvgIpc) is 3.29. The number of hydrogen-bond donors (Lipinski definition) is 2. The Morgan fingerprint density at radius 3 is 2.54 bits per heavy atom. The molecular formula is C19H15ClN2O5S. The Labute approximate surface area is 169 Å².